The lowest BCUT2D eigenvalue weighted by Crippen LogP contribution is -2.45. The summed E-state index contributed by atoms with van der Waals surface area (Å²) in [6, 6.07) is 9.62. The SMILES string of the molecule is CN1CC[C@](C)(CNC(=O)N(CCC(N)=O)Cc2ccccc2)C1. The van der Waals surface area contributed by atoms with Crippen molar-refractivity contribution in [3.8, 4) is 0 Å². The topological polar surface area (TPSA) is 78.7 Å². The van der Waals surface area contributed by atoms with Crippen LogP contribution in [0.3, 0.4) is 0 Å². The van der Waals surface area contributed by atoms with Crippen molar-refractivity contribution in [2.45, 2.75) is 26.3 Å². The number of rotatable bonds is 7. The van der Waals surface area contributed by atoms with E-state index in [1.54, 1.807) is 4.90 Å². The summed E-state index contributed by atoms with van der Waals surface area (Å²) in [6.45, 7) is 5.66. The van der Waals surface area contributed by atoms with E-state index in [2.05, 4.69) is 24.2 Å². The van der Waals surface area contributed by atoms with Gasteiger partial charge in [0.25, 0.3) is 0 Å². The lowest BCUT2D eigenvalue weighted by Gasteiger charge is -2.28. The van der Waals surface area contributed by atoms with Crippen LogP contribution in [0.1, 0.15) is 25.3 Å². The van der Waals surface area contributed by atoms with Crippen molar-refractivity contribution in [2.75, 3.05) is 33.2 Å². The summed E-state index contributed by atoms with van der Waals surface area (Å²) in [7, 11) is 2.10. The van der Waals surface area contributed by atoms with Gasteiger partial charge in [0.05, 0.1) is 0 Å². The molecule has 24 heavy (non-hydrogen) atoms. The highest BCUT2D eigenvalue weighted by atomic mass is 16.2. The molecular weight excluding hydrogens is 304 g/mol. The Morgan fingerprint density at radius 3 is 2.62 bits per heavy atom. The van der Waals surface area contributed by atoms with E-state index in [0.29, 0.717) is 19.6 Å². The number of primary amides is 1. The van der Waals surface area contributed by atoms with E-state index in [4.69, 9.17) is 5.73 Å². The summed E-state index contributed by atoms with van der Waals surface area (Å²) in [6.07, 6.45) is 1.24. The quantitative estimate of drug-likeness (QED) is 0.792. The number of hydrogen-bond acceptors (Lipinski definition) is 3. The van der Waals surface area contributed by atoms with Gasteiger partial charge in [0, 0.05) is 32.6 Å². The van der Waals surface area contributed by atoms with Crippen molar-refractivity contribution >= 4 is 11.9 Å². The van der Waals surface area contributed by atoms with Gasteiger partial charge in [-0.3, -0.25) is 4.79 Å². The number of carbonyl (C=O) groups excluding carboxylic acids is 2. The van der Waals surface area contributed by atoms with Crippen molar-refractivity contribution in [3.05, 3.63) is 35.9 Å². The van der Waals surface area contributed by atoms with Crippen molar-refractivity contribution in [1.82, 2.24) is 15.1 Å². The van der Waals surface area contributed by atoms with E-state index in [9.17, 15) is 9.59 Å². The third kappa shape index (κ3) is 5.53. The van der Waals surface area contributed by atoms with E-state index >= 15 is 0 Å². The second kappa shape index (κ2) is 8.15. The number of nitrogens with two attached hydrogens (primary N) is 1. The highest BCUT2D eigenvalue weighted by Gasteiger charge is 2.32. The molecule has 1 aromatic rings. The second-order valence-electron chi connectivity index (χ2n) is 7.08. The number of carbonyl (C=O) groups is 2. The third-order valence-corrected chi connectivity index (χ3v) is 4.55. The molecule has 0 radical (unpaired) electrons. The largest absolute Gasteiger partial charge is 0.370 e. The summed E-state index contributed by atoms with van der Waals surface area (Å²) in [5, 5.41) is 3.04. The molecule has 0 aliphatic carbocycles. The predicted octanol–water partition coefficient (Wildman–Crippen LogP) is 1.42. The molecule has 0 aromatic heterocycles. The predicted molar refractivity (Wildman–Crippen MR) is 94.3 cm³/mol. The average Bonchev–Trinajstić information content (AvgIpc) is 2.89. The Hall–Kier alpha value is -2.08. The van der Waals surface area contributed by atoms with E-state index < -0.39 is 5.91 Å². The van der Waals surface area contributed by atoms with Crippen LogP contribution in [-0.2, 0) is 11.3 Å². The van der Waals surface area contributed by atoms with E-state index in [-0.39, 0.29) is 17.9 Å². The summed E-state index contributed by atoms with van der Waals surface area (Å²) in [5.74, 6) is -0.398. The molecule has 3 amide bonds. The van der Waals surface area contributed by atoms with Gasteiger partial charge in [-0.05, 0) is 31.0 Å². The number of urea groups is 1. The maximum Gasteiger partial charge on any atom is 0.317 e. The molecule has 6 nitrogen and oxygen atoms in total. The summed E-state index contributed by atoms with van der Waals surface area (Å²) in [4.78, 5) is 27.6. The standard InChI is InChI=1S/C18H28N4O2/c1-18(9-11-21(2)14-18)13-20-17(24)22(10-8-16(19)23)12-15-6-4-3-5-7-15/h3-7H,8-14H2,1-2H3,(H2,19,23)(H,20,24)/t18-/m1/s1. The molecule has 3 N–H and O–H groups in total. The van der Waals surface area contributed by atoms with Crippen LogP contribution in [0.5, 0.6) is 0 Å². The van der Waals surface area contributed by atoms with Crippen LogP contribution in [0.25, 0.3) is 0 Å². The molecule has 1 aliphatic heterocycles. The van der Waals surface area contributed by atoms with Gasteiger partial charge in [0.15, 0.2) is 0 Å². The minimum absolute atomic E-state index is 0.104. The van der Waals surface area contributed by atoms with Gasteiger partial charge >= 0.3 is 6.03 Å². The van der Waals surface area contributed by atoms with E-state index in [0.717, 1.165) is 25.1 Å². The monoisotopic (exact) mass is 332 g/mol. The molecular formula is C18H28N4O2. The first kappa shape index (κ1) is 18.3. The smallest absolute Gasteiger partial charge is 0.317 e. The van der Waals surface area contributed by atoms with Crippen LogP contribution >= 0.6 is 0 Å². The van der Waals surface area contributed by atoms with Crippen LogP contribution in [0.2, 0.25) is 0 Å². The molecule has 1 saturated heterocycles. The van der Waals surface area contributed by atoms with Crippen LogP contribution in [0.4, 0.5) is 4.79 Å². The first-order valence-electron chi connectivity index (χ1n) is 8.41. The van der Waals surface area contributed by atoms with Gasteiger partial charge in [-0.15, -0.1) is 0 Å². The molecule has 2 rings (SSSR count). The van der Waals surface area contributed by atoms with Crippen LogP contribution in [0.15, 0.2) is 30.3 Å². The second-order valence-corrected chi connectivity index (χ2v) is 7.08. The fourth-order valence-electron chi connectivity index (χ4n) is 3.12. The molecule has 1 atom stereocenters. The minimum atomic E-state index is -0.398. The Kier molecular flexibility index (Phi) is 6.20. The van der Waals surface area contributed by atoms with Gasteiger partial charge in [-0.1, -0.05) is 37.3 Å². The molecule has 0 bridgehead atoms. The zero-order valence-corrected chi connectivity index (χ0v) is 14.6. The molecule has 1 aliphatic rings. The Morgan fingerprint density at radius 1 is 1.33 bits per heavy atom. The lowest BCUT2D eigenvalue weighted by atomic mass is 9.90. The maximum atomic E-state index is 12.6. The molecule has 6 heteroatoms. The Morgan fingerprint density at radius 2 is 2.04 bits per heavy atom. The summed E-state index contributed by atoms with van der Waals surface area (Å²) >= 11 is 0. The Balaban J connectivity index is 1.94. The molecule has 1 aromatic carbocycles. The van der Waals surface area contributed by atoms with Crippen molar-refractivity contribution in [1.29, 1.82) is 0 Å². The molecule has 1 heterocycles. The van der Waals surface area contributed by atoms with Crippen molar-refractivity contribution in [2.24, 2.45) is 11.1 Å². The number of nitrogens with zero attached hydrogens (tertiary/aromatic N) is 2. The zero-order valence-electron chi connectivity index (χ0n) is 14.6. The third-order valence-electron chi connectivity index (χ3n) is 4.55. The van der Waals surface area contributed by atoms with E-state index in [1.165, 1.54) is 0 Å². The lowest BCUT2D eigenvalue weighted by molar-refractivity contribution is -0.118. The van der Waals surface area contributed by atoms with Crippen LogP contribution in [0, 0.1) is 5.41 Å². The average molecular weight is 332 g/mol. The van der Waals surface area contributed by atoms with Gasteiger partial charge in [-0.25, -0.2) is 4.79 Å². The van der Waals surface area contributed by atoms with Crippen LogP contribution < -0.4 is 11.1 Å². The fourth-order valence-corrected chi connectivity index (χ4v) is 3.12. The molecule has 0 saturated carbocycles. The molecule has 0 spiro atoms. The minimum Gasteiger partial charge on any atom is -0.370 e. The van der Waals surface area contributed by atoms with Gasteiger partial charge < -0.3 is 20.9 Å². The van der Waals surface area contributed by atoms with Crippen molar-refractivity contribution in [3.63, 3.8) is 0 Å². The van der Waals surface area contributed by atoms with Gasteiger partial charge in [-0.2, -0.15) is 0 Å². The molecule has 1 fully saturated rings. The molecule has 132 valence electrons. The normalized spacial score (nSPS) is 20.8. The van der Waals surface area contributed by atoms with Crippen LogP contribution in [-0.4, -0.2) is 55.0 Å². The maximum absolute atomic E-state index is 12.6. The van der Waals surface area contributed by atoms with Gasteiger partial charge in [0.1, 0.15) is 0 Å². The van der Waals surface area contributed by atoms with Crippen molar-refractivity contribution < 1.29 is 9.59 Å². The Bertz CT molecular complexity index is 563. The molecule has 0 unspecified atom stereocenters. The highest BCUT2D eigenvalue weighted by Crippen LogP contribution is 2.27. The Labute approximate surface area is 144 Å². The van der Waals surface area contributed by atoms with Gasteiger partial charge in [0.2, 0.25) is 5.91 Å². The number of nitrogens with one attached hydrogen (secondary N) is 1. The summed E-state index contributed by atoms with van der Waals surface area (Å²) < 4.78 is 0. The zero-order chi connectivity index (χ0) is 17.6. The summed E-state index contributed by atoms with van der Waals surface area (Å²) in [5.41, 5.74) is 6.38. The number of amides is 3. The number of likely N-dealkylation sites (tertiary alicyclic amines) is 1. The fraction of sp³-hybridized carbons (Fsp3) is 0.556. The highest BCUT2D eigenvalue weighted by molar-refractivity contribution is 5.77. The number of hydrogen-bond donors (Lipinski definition) is 2. The van der Waals surface area contributed by atoms with E-state index in [1.807, 2.05) is 30.3 Å². The first-order valence-corrected chi connectivity index (χ1v) is 8.41. The first-order chi connectivity index (χ1) is 11.4. The number of benzene rings is 1.